The van der Waals surface area contributed by atoms with Gasteiger partial charge in [-0.2, -0.15) is 5.26 Å². The van der Waals surface area contributed by atoms with Gasteiger partial charge in [-0.1, -0.05) is 37.3 Å². The Hall–Kier alpha value is -1.37. The summed E-state index contributed by atoms with van der Waals surface area (Å²) in [7, 11) is 2.19. The Kier molecular flexibility index (Phi) is 3.19. The van der Waals surface area contributed by atoms with Crippen LogP contribution in [0.2, 0.25) is 0 Å². The van der Waals surface area contributed by atoms with E-state index in [0.717, 1.165) is 13.0 Å². The third-order valence-corrected chi connectivity index (χ3v) is 4.14. The molecule has 90 valence electrons. The second kappa shape index (κ2) is 4.48. The third kappa shape index (κ3) is 2.06. The molecule has 3 heteroatoms. The molecule has 1 heterocycles. The summed E-state index contributed by atoms with van der Waals surface area (Å²) in [5, 5.41) is 9.29. The van der Waals surface area contributed by atoms with Crippen LogP contribution in [0.25, 0.3) is 0 Å². The van der Waals surface area contributed by atoms with Crippen molar-refractivity contribution in [1.82, 2.24) is 0 Å². The van der Waals surface area contributed by atoms with Crippen LogP contribution in [0.1, 0.15) is 24.9 Å². The number of nitrogens with one attached hydrogen (secondary N) is 1. The zero-order valence-electron chi connectivity index (χ0n) is 10.5. The van der Waals surface area contributed by atoms with Crippen molar-refractivity contribution in [3.05, 3.63) is 35.9 Å². The number of piperidine rings is 1. The number of nitrogens with zero attached hydrogens (tertiary/aromatic N) is 1. The Morgan fingerprint density at radius 2 is 2.06 bits per heavy atom. The summed E-state index contributed by atoms with van der Waals surface area (Å²) in [6.07, 6.45) is 0.778. The van der Waals surface area contributed by atoms with Crippen LogP contribution in [0.4, 0.5) is 0 Å². The molecule has 1 aliphatic rings. The Morgan fingerprint density at radius 3 is 2.65 bits per heavy atom. The summed E-state index contributed by atoms with van der Waals surface area (Å²) in [5.41, 5.74) is 6.82. The molecule has 1 aromatic rings. The lowest BCUT2D eigenvalue weighted by molar-refractivity contribution is -0.923. The average Bonchev–Trinajstić information content (AvgIpc) is 2.36. The molecule has 0 radical (unpaired) electrons. The molecule has 0 saturated carbocycles. The van der Waals surface area contributed by atoms with Crippen LogP contribution in [0, 0.1) is 17.2 Å². The maximum atomic E-state index is 9.29. The lowest BCUT2D eigenvalue weighted by atomic mass is 9.74. The minimum Gasteiger partial charge on any atom is -0.331 e. The number of likely N-dealkylation sites (tertiary alicyclic amines) is 1. The van der Waals surface area contributed by atoms with Gasteiger partial charge in [0.15, 0.2) is 0 Å². The Labute approximate surface area is 103 Å². The van der Waals surface area contributed by atoms with Gasteiger partial charge in [-0.25, -0.2) is 0 Å². The molecular formula is C14H20N3+. The molecule has 0 spiro atoms. The molecule has 1 fully saturated rings. The second-order valence-electron chi connectivity index (χ2n) is 5.18. The monoisotopic (exact) mass is 230 g/mol. The number of benzene rings is 1. The SMILES string of the molecule is CC1C(c2ccccc2)[NH+](C)CCC1(N)C#N. The van der Waals surface area contributed by atoms with E-state index >= 15 is 0 Å². The predicted molar refractivity (Wildman–Crippen MR) is 67.2 cm³/mol. The highest BCUT2D eigenvalue weighted by atomic mass is 15.2. The van der Waals surface area contributed by atoms with Gasteiger partial charge < -0.3 is 10.6 Å². The first-order valence-corrected chi connectivity index (χ1v) is 6.16. The number of hydrogen-bond acceptors (Lipinski definition) is 2. The van der Waals surface area contributed by atoms with Crippen LogP contribution in [0.15, 0.2) is 30.3 Å². The van der Waals surface area contributed by atoms with Crippen LogP contribution in [-0.4, -0.2) is 19.1 Å². The molecule has 17 heavy (non-hydrogen) atoms. The molecule has 3 N–H and O–H groups in total. The van der Waals surface area contributed by atoms with Gasteiger partial charge in [-0.05, 0) is 0 Å². The smallest absolute Gasteiger partial charge is 0.118 e. The number of hydrogen-bond donors (Lipinski definition) is 2. The Morgan fingerprint density at radius 1 is 1.41 bits per heavy atom. The number of nitriles is 1. The Balaban J connectivity index is 2.35. The van der Waals surface area contributed by atoms with E-state index in [1.165, 1.54) is 10.5 Å². The van der Waals surface area contributed by atoms with Gasteiger partial charge in [0, 0.05) is 17.9 Å². The first-order valence-electron chi connectivity index (χ1n) is 6.16. The van der Waals surface area contributed by atoms with Crippen LogP contribution >= 0.6 is 0 Å². The van der Waals surface area contributed by atoms with Crippen LogP contribution in [-0.2, 0) is 0 Å². The zero-order chi connectivity index (χ0) is 12.5. The zero-order valence-corrected chi connectivity index (χ0v) is 10.5. The highest BCUT2D eigenvalue weighted by Crippen LogP contribution is 2.31. The maximum Gasteiger partial charge on any atom is 0.118 e. The molecule has 4 unspecified atom stereocenters. The van der Waals surface area contributed by atoms with E-state index in [9.17, 15) is 5.26 Å². The molecule has 0 aliphatic carbocycles. The number of quaternary nitrogens is 1. The first kappa shape index (κ1) is 12.1. The summed E-state index contributed by atoms with van der Waals surface area (Å²) in [5.74, 6) is 0.170. The first-order chi connectivity index (χ1) is 8.08. The van der Waals surface area contributed by atoms with E-state index in [1.54, 1.807) is 0 Å². The highest BCUT2D eigenvalue weighted by molar-refractivity contribution is 5.22. The van der Waals surface area contributed by atoms with Gasteiger partial charge in [0.2, 0.25) is 0 Å². The summed E-state index contributed by atoms with van der Waals surface area (Å²) in [4.78, 5) is 1.44. The van der Waals surface area contributed by atoms with Crippen molar-refractivity contribution in [1.29, 1.82) is 5.26 Å². The van der Waals surface area contributed by atoms with Gasteiger partial charge in [0.1, 0.15) is 11.6 Å². The largest absolute Gasteiger partial charge is 0.331 e. The maximum absolute atomic E-state index is 9.29. The fraction of sp³-hybridized carbons (Fsp3) is 0.500. The standard InChI is InChI=1S/C14H19N3/c1-11-13(12-6-4-3-5-7-12)17(2)9-8-14(11,16)10-15/h3-7,11,13H,8-9,16H2,1-2H3/p+1. The second-order valence-corrected chi connectivity index (χ2v) is 5.18. The van der Waals surface area contributed by atoms with Gasteiger partial charge in [-0.3, -0.25) is 0 Å². The molecule has 2 rings (SSSR count). The third-order valence-electron chi connectivity index (χ3n) is 4.14. The van der Waals surface area contributed by atoms with E-state index in [2.05, 4.69) is 44.3 Å². The molecule has 1 aromatic carbocycles. The minimum absolute atomic E-state index is 0.170. The van der Waals surface area contributed by atoms with E-state index in [0.29, 0.717) is 6.04 Å². The van der Waals surface area contributed by atoms with Gasteiger partial charge >= 0.3 is 0 Å². The fourth-order valence-electron chi connectivity index (χ4n) is 2.90. The molecular weight excluding hydrogens is 210 g/mol. The molecule has 3 nitrogen and oxygen atoms in total. The highest BCUT2D eigenvalue weighted by Gasteiger charge is 2.46. The van der Waals surface area contributed by atoms with E-state index in [-0.39, 0.29) is 5.92 Å². The quantitative estimate of drug-likeness (QED) is 0.738. The van der Waals surface area contributed by atoms with E-state index in [1.807, 2.05) is 6.07 Å². The van der Waals surface area contributed by atoms with Gasteiger partial charge in [0.05, 0.1) is 19.7 Å². The van der Waals surface area contributed by atoms with Crippen molar-refractivity contribution in [3.63, 3.8) is 0 Å². The van der Waals surface area contributed by atoms with Crippen molar-refractivity contribution < 1.29 is 4.90 Å². The summed E-state index contributed by atoms with van der Waals surface area (Å²) >= 11 is 0. The van der Waals surface area contributed by atoms with Crippen LogP contribution in [0.3, 0.4) is 0 Å². The summed E-state index contributed by atoms with van der Waals surface area (Å²) < 4.78 is 0. The molecule has 1 saturated heterocycles. The predicted octanol–water partition coefficient (Wildman–Crippen LogP) is 0.503. The normalized spacial score (nSPS) is 37.4. The fourth-order valence-corrected chi connectivity index (χ4v) is 2.90. The lowest BCUT2D eigenvalue weighted by Crippen LogP contribution is -3.12. The Bertz CT molecular complexity index is 423. The molecule has 0 aromatic heterocycles. The minimum atomic E-state index is -0.681. The summed E-state index contributed by atoms with van der Waals surface area (Å²) in [6, 6.07) is 13.0. The van der Waals surface area contributed by atoms with Gasteiger partial charge in [-0.15, -0.1) is 0 Å². The molecule has 0 amide bonds. The summed E-state index contributed by atoms with van der Waals surface area (Å²) in [6.45, 7) is 3.05. The molecule has 0 bridgehead atoms. The van der Waals surface area contributed by atoms with E-state index < -0.39 is 5.54 Å². The van der Waals surface area contributed by atoms with Gasteiger partial charge in [0.25, 0.3) is 0 Å². The number of rotatable bonds is 1. The lowest BCUT2D eigenvalue weighted by Gasteiger charge is -2.42. The molecule has 1 aliphatic heterocycles. The van der Waals surface area contributed by atoms with E-state index in [4.69, 9.17) is 5.73 Å². The van der Waals surface area contributed by atoms with Crippen molar-refractivity contribution in [2.45, 2.75) is 24.9 Å². The average molecular weight is 230 g/mol. The number of nitrogens with two attached hydrogens (primary N) is 1. The topological polar surface area (TPSA) is 54.2 Å². The van der Waals surface area contributed by atoms with Crippen molar-refractivity contribution in [2.24, 2.45) is 11.7 Å². The van der Waals surface area contributed by atoms with Crippen molar-refractivity contribution in [2.75, 3.05) is 13.6 Å². The molecule has 4 atom stereocenters. The van der Waals surface area contributed by atoms with Crippen molar-refractivity contribution in [3.8, 4) is 6.07 Å². The van der Waals surface area contributed by atoms with Crippen LogP contribution in [0.5, 0.6) is 0 Å². The van der Waals surface area contributed by atoms with Crippen LogP contribution < -0.4 is 10.6 Å². The van der Waals surface area contributed by atoms with Crippen molar-refractivity contribution >= 4 is 0 Å².